The lowest BCUT2D eigenvalue weighted by molar-refractivity contribution is 0.0846. The number of hydrogen-bond acceptors (Lipinski definition) is 3. The summed E-state index contributed by atoms with van der Waals surface area (Å²) in [5, 5.41) is 0.996. The summed E-state index contributed by atoms with van der Waals surface area (Å²) < 4.78 is 0. The Bertz CT molecular complexity index is 884. The number of carbonyl (C=O) groups excluding carboxylic acids is 2. The topological polar surface area (TPSA) is 86.9 Å². The second kappa shape index (κ2) is 5.92. The van der Waals surface area contributed by atoms with Crippen LogP contribution in [-0.2, 0) is 0 Å². The second-order valence-corrected chi connectivity index (χ2v) is 5.28. The van der Waals surface area contributed by atoms with Crippen LogP contribution in [0.2, 0.25) is 0 Å². The lowest BCUT2D eigenvalue weighted by atomic mass is 10.1. The van der Waals surface area contributed by atoms with Gasteiger partial charge in [-0.3, -0.25) is 25.4 Å². The van der Waals surface area contributed by atoms with Gasteiger partial charge in [-0.05, 0) is 49.7 Å². The number of hydrazine groups is 1. The molecule has 23 heavy (non-hydrogen) atoms. The molecule has 3 rings (SSSR count). The van der Waals surface area contributed by atoms with Gasteiger partial charge in [0, 0.05) is 40.1 Å². The van der Waals surface area contributed by atoms with Gasteiger partial charge in [0.1, 0.15) is 0 Å². The van der Waals surface area contributed by atoms with E-state index in [1.54, 1.807) is 18.2 Å². The van der Waals surface area contributed by atoms with Gasteiger partial charge >= 0.3 is 0 Å². The molecular formula is C17H16N4O2. The Balaban J connectivity index is 1.73. The summed E-state index contributed by atoms with van der Waals surface area (Å²) in [6.45, 7) is 3.99. The van der Waals surface area contributed by atoms with E-state index in [4.69, 9.17) is 0 Å². The molecule has 0 bridgehead atoms. The zero-order valence-corrected chi connectivity index (χ0v) is 12.8. The molecular weight excluding hydrogens is 292 g/mol. The first kappa shape index (κ1) is 14.8. The van der Waals surface area contributed by atoms with Crippen molar-refractivity contribution in [2.75, 3.05) is 0 Å². The molecule has 6 nitrogen and oxygen atoms in total. The maximum atomic E-state index is 12.2. The van der Waals surface area contributed by atoms with E-state index < -0.39 is 5.91 Å². The molecule has 0 aliphatic heterocycles. The van der Waals surface area contributed by atoms with Crippen molar-refractivity contribution in [3.8, 4) is 0 Å². The van der Waals surface area contributed by atoms with Crippen LogP contribution >= 0.6 is 0 Å². The van der Waals surface area contributed by atoms with Crippen molar-refractivity contribution in [3.05, 3.63) is 65.1 Å². The van der Waals surface area contributed by atoms with E-state index in [9.17, 15) is 9.59 Å². The van der Waals surface area contributed by atoms with Gasteiger partial charge in [-0.1, -0.05) is 0 Å². The lowest BCUT2D eigenvalue weighted by Gasteiger charge is -2.07. The average molecular weight is 308 g/mol. The van der Waals surface area contributed by atoms with E-state index in [0.29, 0.717) is 11.1 Å². The van der Waals surface area contributed by atoms with Crippen LogP contribution in [-0.4, -0.2) is 21.8 Å². The van der Waals surface area contributed by atoms with Crippen molar-refractivity contribution < 1.29 is 9.59 Å². The van der Waals surface area contributed by atoms with Crippen LogP contribution in [0.25, 0.3) is 10.9 Å². The molecule has 0 saturated carbocycles. The van der Waals surface area contributed by atoms with Gasteiger partial charge < -0.3 is 4.98 Å². The van der Waals surface area contributed by atoms with Crippen LogP contribution < -0.4 is 10.9 Å². The highest BCUT2D eigenvalue weighted by Gasteiger charge is 2.11. The standard InChI is InChI=1S/C17H16N4O2/c1-10-11(2)19-15-4-3-13(9-14(10)15)17(23)21-20-16(22)12-5-7-18-8-6-12/h3-9,19H,1-2H3,(H,20,22)(H,21,23). The van der Waals surface area contributed by atoms with Crippen LogP contribution in [0.3, 0.4) is 0 Å². The molecule has 0 saturated heterocycles. The molecule has 0 aliphatic rings. The van der Waals surface area contributed by atoms with Crippen LogP contribution in [0.5, 0.6) is 0 Å². The molecule has 6 heteroatoms. The van der Waals surface area contributed by atoms with E-state index >= 15 is 0 Å². The Hall–Kier alpha value is -3.15. The van der Waals surface area contributed by atoms with E-state index in [1.807, 2.05) is 26.0 Å². The molecule has 0 radical (unpaired) electrons. The quantitative estimate of drug-likeness (QED) is 0.635. The molecule has 3 N–H and O–H groups in total. The molecule has 0 atom stereocenters. The fourth-order valence-electron chi connectivity index (χ4n) is 2.36. The monoisotopic (exact) mass is 308 g/mol. The maximum Gasteiger partial charge on any atom is 0.269 e. The number of hydrogen-bond donors (Lipinski definition) is 3. The number of amides is 2. The zero-order valence-electron chi connectivity index (χ0n) is 12.8. The largest absolute Gasteiger partial charge is 0.358 e. The Morgan fingerprint density at radius 1 is 0.957 bits per heavy atom. The summed E-state index contributed by atoms with van der Waals surface area (Å²) in [4.78, 5) is 31.2. The number of aromatic nitrogens is 2. The third-order valence-electron chi connectivity index (χ3n) is 3.80. The van der Waals surface area contributed by atoms with Crippen molar-refractivity contribution in [2.24, 2.45) is 0 Å². The summed E-state index contributed by atoms with van der Waals surface area (Å²) in [6, 6.07) is 8.52. The Morgan fingerprint density at radius 3 is 2.30 bits per heavy atom. The molecule has 116 valence electrons. The van der Waals surface area contributed by atoms with Gasteiger partial charge in [0.05, 0.1) is 0 Å². The molecule has 0 aliphatic carbocycles. The normalized spacial score (nSPS) is 10.5. The highest BCUT2D eigenvalue weighted by Crippen LogP contribution is 2.22. The fraction of sp³-hybridized carbons (Fsp3) is 0.118. The summed E-state index contributed by atoms with van der Waals surface area (Å²) >= 11 is 0. The molecule has 0 fully saturated rings. The van der Waals surface area contributed by atoms with Crippen molar-refractivity contribution in [1.82, 2.24) is 20.8 Å². The predicted octanol–water partition coefficient (Wildman–Crippen LogP) is 2.25. The third-order valence-corrected chi connectivity index (χ3v) is 3.80. The molecule has 0 spiro atoms. The minimum atomic E-state index is -0.393. The minimum Gasteiger partial charge on any atom is -0.358 e. The zero-order chi connectivity index (χ0) is 16.4. The van der Waals surface area contributed by atoms with Crippen LogP contribution in [0.15, 0.2) is 42.7 Å². The minimum absolute atomic E-state index is 0.368. The number of benzene rings is 1. The van der Waals surface area contributed by atoms with Gasteiger partial charge in [0.15, 0.2) is 0 Å². The molecule has 0 unspecified atom stereocenters. The summed E-state index contributed by atoms with van der Waals surface area (Å²) in [5.74, 6) is -0.761. The van der Waals surface area contributed by atoms with Crippen molar-refractivity contribution in [1.29, 1.82) is 0 Å². The number of aromatic amines is 1. The SMILES string of the molecule is Cc1[nH]c2ccc(C(=O)NNC(=O)c3ccncc3)cc2c1C. The molecule has 2 amide bonds. The number of nitrogens with zero attached hydrogens (tertiary/aromatic N) is 1. The Kier molecular flexibility index (Phi) is 3.80. The molecule has 2 aromatic heterocycles. The number of fused-ring (bicyclic) bond motifs is 1. The molecule has 1 aromatic carbocycles. The number of rotatable bonds is 2. The van der Waals surface area contributed by atoms with Crippen LogP contribution in [0.1, 0.15) is 32.0 Å². The summed E-state index contributed by atoms with van der Waals surface area (Å²) in [5.41, 5.74) is 8.88. The number of aryl methyl sites for hydroxylation is 2. The molecule has 3 aromatic rings. The third kappa shape index (κ3) is 2.91. The van der Waals surface area contributed by atoms with E-state index in [-0.39, 0.29) is 5.91 Å². The second-order valence-electron chi connectivity index (χ2n) is 5.28. The van der Waals surface area contributed by atoms with Gasteiger partial charge in [0.25, 0.3) is 11.8 Å². The van der Waals surface area contributed by atoms with Crippen LogP contribution in [0.4, 0.5) is 0 Å². The van der Waals surface area contributed by atoms with Crippen molar-refractivity contribution in [3.63, 3.8) is 0 Å². The number of nitrogens with one attached hydrogen (secondary N) is 3. The fourth-order valence-corrected chi connectivity index (χ4v) is 2.36. The predicted molar refractivity (Wildman–Crippen MR) is 86.9 cm³/mol. The summed E-state index contributed by atoms with van der Waals surface area (Å²) in [6.07, 6.45) is 3.03. The van der Waals surface area contributed by atoms with Crippen LogP contribution in [0, 0.1) is 13.8 Å². The maximum absolute atomic E-state index is 12.2. The van der Waals surface area contributed by atoms with Gasteiger partial charge in [-0.15, -0.1) is 0 Å². The van der Waals surface area contributed by atoms with Crippen molar-refractivity contribution >= 4 is 22.7 Å². The Labute approximate surface area is 132 Å². The van der Waals surface area contributed by atoms with Crippen molar-refractivity contribution in [2.45, 2.75) is 13.8 Å². The molecule has 2 heterocycles. The van der Waals surface area contributed by atoms with E-state index in [2.05, 4.69) is 20.8 Å². The highest BCUT2D eigenvalue weighted by molar-refractivity contribution is 6.01. The number of pyridine rings is 1. The number of carbonyl (C=O) groups is 2. The van der Waals surface area contributed by atoms with Gasteiger partial charge in [-0.2, -0.15) is 0 Å². The van der Waals surface area contributed by atoms with Gasteiger partial charge in [-0.25, -0.2) is 0 Å². The highest BCUT2D eigenvalue weighted by atomic mass is 16.2. The lowest BCUT2D eigenvalue weighted by Crippen LogP contribution is -2.41. The number of H-pyrrole nitrogens is 1. The van der Waals surface area contributed by atoms with E-state index in [0.717, 1.165) is 22.2 Å². The Morgan fingerprint density at radius 2 is 1.61 bits per heavy atom. The van der Waals surface area contributed by atoms with E-state index in [1.165, 1.54) is 12.4 Å². The first-order valence-electron chi connectivity index (χ1n) is 7.16. The van der Waals surface area contributed by atoms with Gasteiger partial charge in [0.2, 0.25) is 0 Å². The first-order valence-corrected chi connectivity index (χ1v) is 7.16. The average Bonchev–Trinajstić information content (AvgIpc) is 2.87. The first-order chi connectivity index (χ1) is 11.1. The summed E-state index contributed by atoms with van der Waals surface area (Å²) in [7, 11) is 0. The smallest absolute Gasteiger partial charge is 0.269 e.